The van der Waals surface area contributed by atoms with Gasteiger partial charge in [0.15, 0.2) is 0 Å². The SMILES string of the molecule is CCNc1nc(OC(C)C)nc(N2CC(C)OC(C)C2)n1. The maximum atomic E-state index is 5.75. The van der Waals surface area contributed by atoms with Gasteiger partial charge in [-0.15, -0.1) is 0 Å². The Hall–Kier alpha value is -1.63. The molecule has 7 heteroatoms. The van der Waals surface area contributed by atoms with Crippen LogP contribution in [0.25, 0.3) is 0 Å². The Morgan fingerprint density at radius 2 is 1.90 bits per heavy atom. The highest BCUT2D eigenvalue weighted by molar-refractivity contribution is 5.39. The third-order valence-electron chi connectivity index (χ3n) is 2.98. The van der Waals surface area contributed by atoms with Gasteiger partial charge in [0.25, 0.3) is 0 Å². The van der Waals surface area contributed by atoms with Gasteiger partial charge in [-0.25, -0.2) is 0 Å². The van der Waals surface area contributed by atoms with Crippen LogP contribution in [0.1, 0.15) is 34.6 Å². The molecule has 0 radical (unpaired) electrons. The van der Waals surface area contributed by atoms with Crippen LogP contribution >= 0.6 is 0 Å². The number of rotatable bonds is 5. The summed E-state index contributed by atoms with van der Waals surface area (Å²) in [6.07, 6.45) is 0.336. The minimum Gasteiger partial charge on any atom is -0.461 e. The van der Waals surface area contributed by atoms with Crippen molar-refractivity contribution in [2.75, 3.05) is 29.9 Å². The minimum atomic E-state index is 0.0252. The first kappa shape index (κ1) is 15.8. The zero-order valence-electron chi connectivity index (χ0n) is 13.5. The molecular formula is C14H25N5O2. The fourth-order valence-electron chi connectivity index (χ4n) is 2.33. The van der Waals surface area contributed by atoms with Gasteiger partial charge in [-0.3, -0.25) is 0 Å². The molecular weight excluding hydrogens is 270 g/mol. The summed E-state index contributed by atoms with van der Waals surface area (Å²) in [5.74, 6) is 1.18. The highest BCUT2D eigenvalue weighted by atomic mass is 16.5. The van der Waals surface area contributed by atoms with E-state index in [0.29, 0.717) is 17.9 Å². The van der Waals surface area contributed by atoms with Gasteiger partial charge in [0.1, 0.15) is 0 Å². The summed E-state index contributed by atoms with van der Waals surface area (Å²) >= 11 is 0. The van der Waals surface area contributed by atoms with Crippen LogP contribution in [0, 0.1) is 0 Å². The summed E-state index contributed by atoms with van der Waals surface area (Å²) in [5, 5.41) is 3.12. The summed E-state index contributed by atoms with van der Waals surface area (Å²) in [5.41, 5.74) is 0. The van der Waals surface area contributed by atoms with Crippen LogP contribution < -0.4 is 15.0 Å². The highest BCUT2D eigenvalue weighted by Crippen LogP contribution is 2.20. The lowest BCUT2D eigenvalue weighted by molar-refractivity contribution is -0.00578. The van der Waals surface area contributed by atoms with Crippen LogP contribution in [0.4, 0.5) is 11.9 Å². The van der Waals surface area contributed by atoms with E-state index in [9.17, 15) is 0 Å². The van der Waals surface area contributed by atoms with Crippen molar-refractivity contribution in [2.24, 2.45) is 0 Å². The van der Waals surface area contributed by atoms with Crippen LogP contribution in [-0.2, 0) is 4.74 Å². The number of hydrogen-bond donors (Lipinski definition) is 1. The Kier molecular flexibility index (Phi) is 5.17. The summed E-state index contributed by atoms with van der Waals surface area (Å²) in [4.78, 5) is 15.3. The number of hydrogen-bond acceptors (Lipinski definition) is 7. The second kappa shape index (κ2) is 6.89. The van der Waals surface area contributed by atoms with Gasteiger partial charge in [-0.1, -0.05) is 0 Å². The van der Waals surface area contributed by atoms with Crippen LogP contribution in [-0.4, -0.2) is 52.9 Å². The molecule has 0 amide bonds. The molecule has 0 bridgehead atoms. The normalized spacial score (nSPS) is 22.5. The Morgan fingerprint density at radius 3 is 2.48 bits per heavy atom. The van der Waals surface area contributed by atoms with E-state index in [4.69, 9.17) is 9.47 Å². The molecule has 0 saturated carbocycles. The Labute approximate surface area is 126 Å². The van der Waals surface area contributed by atoms with Crippen molar-refractivity contribution in [2.45, 2.75) is 52.9 Å². The van der Waals surface area contributed by atoms with E-state index in [1.807, 2.05) is 20.8 Å². The predicted octanol–water partition coefficient (Wildman–Crippen LogP) is 1.70. The van der Waals surface area contributed by atoms with Crippen molar-refractivity contribution in [1.29, 1.82) is 0 Å². The summed E-state index contributed by atoms with van der Waals surface area (Å²) < 4.78 is 11.4. The Morgan fingerprint density at radius 1 is 1.24 bits per heavy atom. The van der Waals surface area contributed by atoms with Crippen LogP contribution in [0.5, 0.6) is 6.01 Å². The van der Waals surface area contributed by atoms with E-state index in [-0.39, 0.29) is 18.3 Å². The van der Waals surface area contributed by atoms with E-state index in [1.165, 1.54) is 0 Å². The van der Waals surface area contributed by atoms with Crippen molar-refractivity contribution in [1.82, 2.24) is 15.0 Å². The molecule has 2 unspecified atom stereocenters. The molecule has 1 aromatic rings. The maximum Gasteiger partial charge on any atom is 0.323 e. The van der Waals surface area contributed by atoms with Crippen molar-refractivity contribution in [3.63, 3.8) is 0 Å². The van der Waals surface area contributed by atoms with Crippen LogP contribution in [0.3, 0.4) is 0 Å². The monoisotopic (exact) mass is 295 g/mol. The van der Waals surface area contributed by atoms with Crippen molar-refractivity contribution in [3.8, 4) is 6.01 Å². The van der Waals surface area contributed by atoms with Crippen LogP contribution in [0.2, 0.25) is 0 Å². The quantitative estimate of drug-likeness (QED) is 0.886. The molecule has 1 aromatic heterocycles. The standard InChI is InChI=1S/C14H25N5O2/c1-6-15-12-16-13(18-14(17-12)20-9(2)3)19-7-10(4)21-11(5)8-19/h9-11H,6-8H2,1-5H3,(H,15,16,17,18). The summed E-state index contributed by atoms with van der Waals surface area (Å²) in [7, 11) is 0. The third-order valence-corrected chi connectivity index (χ3v) is 2.98. The molecule has 1 aliphatic heterocycles. The van der Waals surface area contributed by atoms with Gasteiger partial charge in [0, 0.05) is 19.6 Å². The molecule has 1 aliphatic rings. The molecule has 2 heterocycles. The molecule has 1 fully saturated rings. The highest BCUT2D eigenvalue weighted by Gasteiger charge is 2.25. The third kappa shape index (κ3) is 4.42. The zero-order valence-corrected chi connectivity index (χ0v) is 13.5. The smallest absolute Gasteiger partial charge is 0.323 e. The summed E-state index contributed by atoms with van der Waals surface area (Å²) in [6.45, 7) is 12.3. The predicted molar refractivity (Wildman–Crippen MR) is 82.0 cm³/mol. The fraction of sp³-hybridized carbons (Fsp3) is 0.786. The molecule has 1 N–H and O–H groups in total. The van der Waals surface area contributed by atoms with Gasteiger partial charge in [0.2, 0.25) is 11.9 Å². The second-order valence-corrected chi connectivity index (χ2v) is 5.60. The van der Waals surface area contributed by atoms with E-state index in [0.717, 1.165) is 19.6 Å². The molecule has 0 spiro atoms. The lowest BCUT2D eigenvalue weighted by Gasteiger charge is -2.35. The van der Waals surface area contributed by atoms with Crippen molar-refractivity contribution >= 4 is 11.9 Å². The molecule has 1 saturated heterocycles. The number of anilines is 2. The molecule has 0 aliphatic carbocycles. The second-order valence-electron chi connectivity index (χ2n) is 5.60. The van der Waals surface area contributed by atoms with Gasteiger partial charge in [-0.2, -0.15) is 15.0 Å². The molecule has 21 heavy (non-hydrogen) atoms. The first-order valence-corrected chi connectivity index (χ1v) is 7.55. The van der Waals surface area contributed by atoms with Gasteiger partial charge in [-0.05, 0) is 34.6 Å². The molecule has 7 nitrogen and oxygen atoms in total. The first-order valence-electron chi connectivity index (χ1n) is 7.55. The largest absolute Gasteiger partial charge is 0.461 e. The van der Waals surface area contributed by atoms with Crippen LogP contribution in [0.15, 0.2) is 0 Å². The van der Waals surface area contributed by atoms with E-state index < -0.39 is 0 Å². The minimum absolute atomic E-state index is 0.0252. The zero-order chi connectivity index (χ0) is 15.4. The Balaban J connectivity index is 2.25. The Bertz CT molecular complexity index is 459. The average Bonchev–Trinajstić information content (AvgIpc) is 2.36. The number of morpholine rings is 1. The molecule has 2 atom stereocenters. The topological polar surface area (TPSA) is 72.4 Å². The number of nitrogens with zero attached hydrogens (tertiary/aromatic N) is 4. The van der Waals surface area contributed by atoms with E-state index in [2.05, 4.69) is 39.0 Å². The molecule has 2 rings (SSSR count). The van der Waals surface area contributed by atoms with Gasteiger partial charge >= 0.3 is 6.01 Å². The molecule has 118 valence electrons. The lowest BCUT2D eigenvalue weighted by atomic mass is 10.2. The van der Waals surface area contributed by atoms with E-state index in [1.54, 1.807) is 0 Å². The lowest BCUT2D eigenvalue weighted by Crippen LogP contribution is -2.46. The first-order chi connectivity index (χ1) is 9.97. The number of nitrogens with one attached hydrogen (secondary N) is 1. The maximum absolute atomic E-state index is 5.75. The van der Waals surface area contributed by atoms with Crippen molar-refractivity contribution in [3.05, 3.63) is 0 Å². The van der Waals surface area contributed by atoms with Crippen molar-refractivity contribution < 1.29 is 9.47 Å². The van der Waals surface area contributed by atoms with Gasteiger partial charge in [0.05, 0.1) is 18.3 Å². The van der Waals surface area contributed by atoms with E-state index >= 15 is 0 Å². The average molecular weight is 295 g/mol. The van der Waals surface area contributed by atoms with Gasteiger partial charge < -0.3 is 19.7 Å². The number of aromatic nitrogens is 3. The summed E-state index contributed by atoms with van der Waals surface area (Å²) in [6, 6.07) is 0.359. The molecule has 0 aromatic carbocycles. The fourth-order valence-corrected chi connectivity index (χ4v) is 2.33. The number of ether oxygens (including phenoxy) is 2.